The van der Waals surface area contributed by atoms with Gasteiger partial charge >= 0.3 is 0 Å². The van der Waals surface area contributed by atoms with Crippen molar-refractivity contribution in [3.63, 3.8) is 0 Å². The van der Waals surface area contributed by atoms with Crippen molar-refractivity contribution in [1.29, 1.82) is 0 Å². The highest BCUT2D eigenvalue weighted by atomic mass is 16.2. The van der Waals surface area contributed by atoms with E-state index in [0.29, 0.717) is 0 Å². The van der Waals surface area contributed by atoms with E-state index in [9.17, 15) is 4.79 Å². The zero-order valence-corrected chi connectivity index (χ0v) is 15.5. The zero-order chi connectivity index (χ0) is 17.9. The fraction of sp³-hybridized carbons (Fsp3) is 0.409. The van der Waals surface area contributed by atoms with E-state index >= 15 is 0 Å². The first-order valence-electron chi connectivity index (χ1n) is 9.56. The van der Waals surface area contributed by atoms with Crippen LogP contribution in [0.1, 0.15) is 16.8 Å². The molecular weight excluding hydrogens is 322 g/mol. The summed E-state index contributed by atoms with van der Waals surface area (Å²) >= 11 is 0. The number of piperazine rings is 1. The van der Waals surface area contributed by atoms with Crippen molar-refractivity contribution in [2.75, 3.05) is 52.9 Å². The van der Waals surface area contributed by atoms with Crippen LogP contribution in [-0.2, 0) is 0 Å². The SMILES string of the molecule is CN1CCC=C(CN2CCN(C(=O)c3ccc4ccccc4c3)CC2)C1. The van der Waals surface area contributed by atoms with Gasteiger partial charge in [-0.1, -0.05) is 36.4 Å². The van der Waals surface area contributed by atoms with Gasteiger partial charge in [0, 0.05) is 51.4 Å². The van der Waals surface area contributed by atoms with Crippen molar-refractivity contribution in [2.45, 2.75) is 6.42 Å². The highest BCUT2D eigenvalue weighted by Gasteiger charge is 2.23. The first-order chi connectivity index (χ1) is 12.7. The Morgan fingerprint density at radius 1 is 0.962 bits per heavy atom. The molecule has 1 saturated heterocycles. The molecule has 4 rings (SSSR count). The third kappa shape index (κ3) is 3.81. The Bertz CT molecular complexity index is 821. The molecule has 4 nitrogen and oxygen atoms in total. The molecule has 2 aliphatic rings. The Hall–Kier alpha value is -2.17. The second-order valence-corrected chi connectivity index (χ2v) is 7.52. The number of likely N-dealkylation sites (N-methyl/N-ethyl adjacent to an activating group) is 1. The summed E-state index contributed by atoms with van der Waals surface area (Å²) in [5, 5.41) is 2.31. The van der Waals surface area contributed by atoms with Gasteiger partial charge in [0.1, 0.15) is 0 Å². The lowest BCUT2D eigenvalue weighted by Gasteiger charge is -2.36. The minimum atomic E-state index is 0.159. The van der Waals surface area contributed by atoms with Crippen LogP contribution >= 0.6 is 0 Å². The van der Waals surface area contributed by atoms with Crippen molar-refractivity contribution >= 4 is 16.7 Å². The first kappa shape index (κ1) is 17.3. The van der Waals surface area contributed by atoms with Crippen LogP contribution in [0.3, 0.4) is 0 Å². The zero-order valence-electron chi connectivity index (χ0n) is 15.5. The molecule has 2 aliphatic heterocycles. The molecule has 0 aromatic heterocycles. The van der Waals surface area contributed by atoms with E-state index in [4.69, 9.17) is 0 Å². The van der Waals surface area contributed by atoms with Gasteiger partial charge in [-0.15, -0.1) is 0 Å². The molecule has 2 aromatic rings. The molecule has 136 valence electrons. The lowest BCUT2D eigenvalue weighted by Crippen LogP contribution is -2.49. The molecule has 1 fully saturated rings. The predicted molar refractivity (Wildman–Crippen MR) is 106 cm³/mol. The molecule has 0 radical (unpaired) electrons. The van der Waals surface area contributed by atoms with Gasteiger partial charge in [-0.3, -0.25) is 9.69 Å². The Balaban J connectivity index is 1.36. The fourth-order valence-electron chi connectivity index (χ4n) is 4.00. The van der Waals surface area contributed by atoms with Crippen LogP contribution in [0.15, 0.2) is 54.1 Å². The molecule has 2 aromatic carbocycles. The second-order valence-electron chi connectivity index (χ2n) is 7.52. The lowest BCUT2D eigenvalue weighted by molar-refractivity contribution is 0.0645. The van der Waals surface area contributed by atoms with E-state index in [-0.39, 0.29) is 5.91 Å². The van der Waals surface area contributed by atoms with Crippen molar-refractivity contribution in [3.05, 3.63) is 59.7 Å². The molecule has 0 atom stereocenters. The largest absolute Gasteiger partial charge is 0.336 e. The maximum absolute atomic E-state index is 12.9. The molecule has 0 unspecified atom stereocenters. The number of hydrogen-bond acceptors (Lipinski definition) is 3. The Morgan fingerprint density at radius 3 is 2.50 bits per heavy atom. The molecule has 0 N–H and O–H groups in total. The molecule has 0 aliphatic carbocycles. The van der Waals surface area contributed by atoms with Gasteiger partial charge in [0.05, 0.1) is 0 Å². The van der Waals surface area contributed by atoms with Crippen molar-refractivity contribution < 1.29 is 4.79 Å². The maximum Gasteiger partial charge on any atom is 0.253 e. The molecule has 0 spiro atoms. The highest BCUT2D eigenvalue weighted by molar-refractivity contribution is 5.98. The summed E-state index contributed by atoms with van der Waals surface area (Å²) in [6, 6.07) is 14.2. The second kappa shape index (κ2) is 7.60. The summed E-state index contributed by atoms with van der Waals surface area (Å²) in [4.78, 5) is 19.7. The highest BCUT2D eigenvalue weighted by Crippen LogP contribution is 2.18. The van der Waals surface area contributed by atoms with Crippen LogP contribution in [0.2, 0.25) is 0 Å². The molecule has 2 heterocycles. The molecule has 0 bridgehead atoms. The van der Waals surface area contributed by atoms with Crippen molar-refractivity contribution in [3.8, 4) is 0 Å². The average molecular weight is 349 g/mol. The number of amides is 1. The number of carbonyl (C=O) groups excluding carboxylic acids is 1. The maximum atomic E-state index is 12.9. The number of hydrogen-bond donors (Lipinski definition) is 0. The normalized spacial score (nSPS) is 19.6. The first-order valence-corrected chi connectivity index (χ1v) is 9.56. The van der Waals surface area contributed by atoms with Crippen LogP contribution in [0.5, 0.6) is 0 Å². The average Bonchev–Trinajstić information content (AvgIpc) is 2.68. The lowest BCUT2D eigenvalue weighted by atomic mass is 10.1. The number of benzene rings is 2. The summed E-state index contributed by atoms with van der Waals surface area (Å²) in [6.45, 7) is 6.83. The van der Waals surface area contributed by atoms with Gasteiger partial charge < -0.3 is 9.80 Å². The number of rotatable bonds is 3. The Kier molecular flexibility index (Phi) is 5.05. The summed E-state index contributed by atoms with van der Waals surface area (Å²) in [5.41, 5.74) is 2.32. The van der Waals surface area contributed by atoms with E-state index in [1.807, 2.05) is 35.2 Å². The van der Waals surface area contributed by atoms with Gasteiger partial charge in [0.15, 0.2) is 0 Å². The third-order valence-corrected chi connectivity index (χ3v) is 5.50. The fourth-order valence-corrected chi connectivity index (χ4v) is 4.00. The van der Waals surface area contributed by atoms with Gasteiger partial charge in [0.2, 0.25) is 0 Å². The summed E-state index contributed by atoms with van der Waals surface area (Å²) in [6.07, 6.45) is 3.55. The third-order valence-electron chi connectivity index (χ3n) is 5.50. The van der Waals surface area contributed by atoms with E-state index < -0.39 is 0 Å². The van der Waals surface area contributed by atoms with E-state index in [0.717, 1.165) is 63.2 Å². The van der Waals surface area contributed by atoms with Crippen LogP contribution in [-0.4, -0.2) is 73.5 Å². The smallest absolute Gasteiger partial charge is 0.253 e. The van der Waals surface area contributed by atoms with Crippen LogP contribution in [0, 0.1) is 0 Å². The van der Waals surface area contributed by atoms with Crippen LogP contribution in [0.4, 0.5) is 0 Å². The summed E-state index contributed by atoms with van der Waals surface area (Å²) < 4.78 is 0. The molecule has 4 heteroatoms. The van der Waals surface area contributed by atoms with E-state index in [1.165, 1.54) is 11.0 Å². The van der Waals surface area contributed by atoms with Gasteiger partial charge in [0.25, 0.3) is 5.91 Å². The van der Waals surface area contributed by atoms with Crippen LogP contribution < -0.4 is 0 Å². The molecule has 0 saturated carbocycles. The van der Waals surface area contributed by atoms with Gasteiger partial charge in [-0.25, -0.2) is 0 Å². The summed E-state index contributed by atoms with van der Waals surface area (Å²) in [5.74, 6) is 0.159. The standard InChI is InChI=1S/C22H27N3O/c1-23-10-4-5-18(16-23)17-24-11-13-25(14-12-24)22(26)21-9-8-19-6-2-3-7-20(19)15-21/h2-3,5-9,15H,4,10-14,16-17H2,1H3. The number of nitrogens with zero attached hydrogens (tertiary/aromatic N) is 3. The molecular formula is C22H27N3O. The summed E-state index contributed by atoms with van der Waals surface area (Å²) in [7, 11) is 2.19. The Morgan fingerprint density at radius 2 is 1.73 bits per heavy atom. The topological polar surface area (TPSA) is 26.8 Å². The van der Waals surface area contributed by atoms with E-state index in [2.05, 4.69) is 35.1 Å². The molecule has 26 heavy (non-hydrogen) atoms. The number of carbonyl (C=O) groups is 1. The Labute approximate surface area is 155 Å². The minimum absolute atomic E-state index is 0.159. The van der Waals surface area contributed by atoms with Crippen molar-refractivity contribution in [1.82, 2.24) is 14.7 Å². The number of fused-ring (bicyclic) bond motifs is 1. The molecule has 1 amide bonds. The monoisotopic (exact) mass is 349 g/mol. The van der Waals surface area contributed by atoms with Gasteiger partial charge in [-0.2, -0.15) is 0 Å². The van der Waals surface area contributed by atoms with Crippen LogP contribution in [0.25, 0.3) is 10.8 Å². The quantitative estimate of drug-likeness (QED) is 0.797. The van der Waals surface area contributed by atoms with Crippen molar-refractivity contribution in [2.24, 2.45) is 0 Å². The minimum Gasteiger partial charge on any atom is -0.336 e. The van der Waals surface area contributed by atoms with E-state index in [1.54, 1.807) is 0 Å². The predicted octanol–water partition coefficient (Wildman–Crippen LogP) is 2.86. The van der Waals surface area contributed by atoms with Gasteiger partial charge in [-0.05, 0) is 41.9 Å².